The Bertz CT molecular complexity index is 379. The second kappa shape index (κ2) is 4.89. The van der Waals surface area contributed by atoms with Crippen LogP contribution in [0.2, 0.25) is 5.02 Å². The van der Waals surface area contributed by atoms with E-state index >= 15 is 0 Å². The number of nitrogens with one attached hydrogen (secondary N) is 1. The zero-order valence-corrected chi connectivity index (χ0v) is 9.27. The fourth-order valence-corrected chi connectivity index (χ4v) is 1.55. The summed E-state index contributed by atoms with van der Waals surface area (Å²) < 4.78 is 0. The Hall–Kier alpha value is -1.42. The first-order valence-corrected chi connectivity index (χ1v) is 5.06. The number of rotatable bonds is 4. The maximum absolute atomic E-state index is 11.2. The van der Waals surface area contributed by atoms with Gasteiger partial charge in [0.1, 0.15) is 0 Å². The number of nitrogens with two attached hydrogens (primary N) is 2. The van der Waals surface area contributed by atoms with Gasteiger partial charge in [0, 0.05) is 12.2 Å². The van der Waals surface area contributed by atoms with Crippen molar-refractivity contribution in [3.8, 4) is 0 Å². The second-order valence-electron chi connectivity index (χ2n) is 3.22. The lowest BCUT2D eigenvalue weighted by atomic mass is 10.1. The zero-order chi connectivity index (χ0) is 11.4. The first-order chi connectivity index (χ1) is 7.06. The lowest BCUT2D eigenvalue weighted by Gasteiger charge is -2.12. The molecule has 1 amide bonds. The summed E-state index contributed by atoms with van der Waals surface area (Å²) in [6, 6.07) is 3.11. The fraction of sp³-hybridized carbons (Fsp3) is 0.300. The quantitative estimate of drug-likeness (QED) is 0.687. The first kappa shape index (κ1) is 11.7. The second-order valence-corrected chi connectivity index (χ2v) is 3.62. The average molecular weight is 228 g/mol. The Labute approximate surface area is 93.6 Å². The van der Waals surface area contributed by atoms with E-state index in [0.29, 0.717) is 22.0 Å². The molecule has 0 heterocycles. The standard InChI is InChI=1S/C10H14ClN3O/c1-2-3-14-9-7(10(13)15)4-6(12)5-8(9)11/h4-5,14H,2-3,12H2,1H3,(H2,13,15). The van der Waals surface area contributed by atoms with E-state index in [4.69, 9.17) is 23.1 Å². The Kier molecular flexibility index (Phi) is 3.80. The smallest absolute Gasteiger partial charge is 0.250 e. The van der Waals surface area contributed by atoms with Crippen LogP contribution in [0.1, 0.15) is 23.7 Å². The van der Waals surface area contributed by atoms with Crippen molar-refractivity contribution < 1.29 is 4.79 Å². The van der Waals surface area contributed by atoms with Crippen molar-refractivity contribution in [3.63, 3.8) is 0 Å². The van der Waals surface area contributed by atoms with Crippen molar-refractivity contribution in [3.05, 3.63) is 22.7 Å². The third kappa shape index (κ3) is 2.76. The Morgan fingerprint density at radius 1 is 1.53 bits per heavy atom. The Balaban J connectivity index is 3.15. The van der Waals surface area contributed by atoms with E-state index in [9.17, 15) is 4.79 Å². The van der Waals surface area contributed by atoms with Gasteiger partial charge in [0.05, 0.1) is 16.3 Å². The summed E-state index contributed by atoms with van der Waals surface area (Å²) in [6.07, 6.45) is 0.929. The molecule has 0 aliphatic rings. The molecule has 5 heteroatoms. The van der Waals surface area contributed by atoms with Crippen LogP contribution in [0.15, 0.2) is 12.1 Å². The molecule has 0 atom stereocenters. The van der Waals surface area contributed by atoms with Gasteiger partial charge in [-0.05, 0) is 18.6 Å². The number of hydrogen-bond donors (Lipinski definition) is 3. The van der Waals surface area contributed by atoms with Crippen LogP contribution in [-0.4, -0.2) is 12.5 Å². The summed E-state index contributed by atoms with van der Waals surface area (Å²) in [5.74, 6) is -0.539. The van der Waals surface area contributed by atoms with Crippen LogP contribution in [0.3, 0.4) is 0 Å². The van der Waals surface area contributed by atoms with E-state index in [1.54, 1.807) is 6.07 Å². The number of carbonyl (C=O) groups excluding carboxylic acids is 1. The SMILES string of the molecule is CCCNc1c(Cl)cc(N)cc1C(N)=O. The number of amides is 1. The van der Waals surface area contributed by atoms with Gasteiger partial charge in [-0.1, -0.05) is 18.5 Å². The molecular formula is C10H14ClN3O. The molecule has 1 aromatic rings. The van der Waals surface area contributed by atoms with Crippen LogP contribution >= 0.6 is 11.6 Å². The van der Waals surface area contributed by atoms with Crippen molar-refractivity contribution in [1.82, 2.24) is 0 Å². The summed E-state index contributed by atoms with van der Waals surface area (Å²) in [5.41, 5.74) is 12.1. The number of primary amides is 1. The summed E-state index contributed by atoms with van der Waals surface area (Å²) in [5, 5.41) is 3.47. The van der Waals surface area contributed by atoms with E-state index in [1.165, 1.54) is 6.07 Å². The molecule has 0 saturated carbocycles. The molecule has 0 spiro atoms. The molecule has 1 aromatic carbocycles. The number of nitrogen functional groups attached to an aromatic ring is 1. The van der Waals surface area contributed by atoms with Gasteiger partial charge >= 0.3 is 0 Å². The molecule has 15 heavy (non-hydrogen) atoms. The number of hydrogen-bond acceptors (Lipinski definition) is 3. The van der Waals surface area contributed by atoms with Crippen LogP contribution in [0, 0.1) is 0 Å². The molecule has 0 aliphatic heterocycles. The molecule has 0 unspecified atom stereocenters. The topological polar surface area (TPSA) is 81.1 Å². The van der Waals surface area contributed by atoms with E-state index in [2.05, 4.69) is 5.32 Å². The van der Waals surface area contributed by atoms with E-state index in [1.807, 2.05) is 6.92 Å². The van der Waals surface area contributed by atoms with Crippen molar-refractivity contribution >= 4 is 28.9 Å². The summed E-state index contributed by atoms with van der Waals surface area (Å²) in [7, 11) is 0. The van der Waals surface area contributed by atoms with Gasteiger partial charge in [0.25, 0.3) is 5.91 Å². The first-order valence-electron chi connectivity index (χ1n) is 4.69. The third-order valence-electron chi connectivity index (χ3n) is 1.93. The van der Waals surface area contributed by atoms with Gasteiger partial charge in [0.2, 0.25) is 0 Å². The monoisotopic (exact) mass is 227 g/mol. The molecule has 0 bridgehead atoms. The minimum Gasteiger partial charge on any atom is -0.399 e. The zero-order valence-electron chi connectivity index (χ0n) is 8.51. The van der Waals surface area contributed by atoms with Crippen molar-refractivity contribution in [2.45, 2.75) is 13.3 Å². The highest BCUT2D eigenvalue weighted by molar-refractivity contribution is 6.34. The number of halogens is 1. The average Bonchev–Trinajstić information content (AvgIpc) is 2.15. The highest BCUT2D eigenvalue weighted by Crippen LogP contribution is 2.28. The summed E-state index contributed by atoms with van der Waals surface area (Å²) in [4.78, 5) is 11.2. The number of carbonyl (C=O) groups is 1. The Morgan fingerprint density at radius 3 is 2.73 bits per heavy atom. The molecule has 1 rings (SSSR count). The predicted molar refractivity (Wildman–Crippen MR) is 63.2 cm³/mol. The number of benzene rings is 1. The Morgan fingerprint density at radius 2 is 2.20 bits per heavy atom. The summed E-state index contributed by atoms with van der Waals surface area (Å²) in [6.45, 7) is 2.74. The molecule has 0 aromatic heterocycles. The highest BCUT2D eigenvalue weighted by Gasteiger charge is 2.12. The molecule has 82 valence electrons. The van der Waals surface area contributed by atoms with Gasteiger partial charge in [0.15, 0.2) is 0 Å². The van der Waals surface area contributed by atoms with Gasteiger partial charge < -0.3 is 16.8 Å². The fourth-order valence-electron chi connectivity index (χ4n) is 1.25. The molecule has 0 fully saturated rings. The largest absolute Gasteiger partial charge is 0.399 e. The van der Waals surface area contributed by atoms with E-state index < -0.39 is 5.91 Å². The molecule has 0 radical (unpaired) electrons. The molecular weight excluding hydrogens is 214 g/mol. The third-order valence-corrected chi connectivity index (χ3v) is 2.23. The molecule has 0 saturated heterocycles. The van der Waals surface area contributed by atoms with Crippen molar-refractivity contribution in [2.75, 3.05) is 17.6 Å². The van der Waals surface area contributed by atoms with Crippen LogP contribution in [-0.2, 0) is 0 Å². The minimum atomic E-state index is -0.539. The minimum absolute atomic E-state index is 0.327. The van der Waals surface area contributed by atoms with Gasteiger partial charge in [-0.15, -0.1) is 0 Å². The van der Waals surface area contributed by atoms with Crippen LogP contribution in [0.4, 0.5) is 11.4 Å². The molecule has 0 aliphatic carbocycles. The van der Waals surface area contributed by atoms with Gasteiger partial charge in [-0.2, -0.15) is 0 Å². The van der Waals surface area contributed by atoms with Gasteiger partial charge in [-0.25, -0.2) is 0 Å². The van der Waals surface area contributed by atoms with Crippen LogP contribution < -0.4 is 16.8 Å². The molecule has 5 N–H and O–H groups in total. The lowest BCUT2D eigenvalue weighted by Crippen LogP contribution is -2.15. The van der Waals surface area contributed by atoms with E-state index in [-0.39, 0.29) is 0 Å². The number of anilines is 2. The van der Waals surface area contributed by atoms with Crippen molar-refractivity contribution in [2.24, 2.45) is 5.73 Å². The van der Waals surface area contributed by atoms with Gasteiger partial charge in [-0.3, -0.25) is 4.79 Å². The lowest BCUT2D eigenvalue weighted by molar-refractivity contribution is 0.100. The maximum Gasteiger partial charge on any atom is 0.250 e. The van der Waals surface area contributed by atoms with Crippen LogP contribution in [0.5, 0.6) is 0 Å². The van der Waals surface area contributed by atoms with Crippen LogP contribution in [0.25, 0.3) is 0 Å². The molecule has 4 nitrogen and oxygen atoms in total. The van der Waals surface area contributed by atoms with E-state index in [0.717, 1.165) is 13.0 Å². The van der Waals surface area contributed by atoms with Crippen molar-refractivity contribution in [1.29, 1.82) is 0 Å². The highest BCUT2D eigenvalue weighted by atomic mass is 35.5. The predicted octanol–water partition coefficient (Wildman–Crippen LogP) is 1.84. The summed E-state index contributed by atoms with van der Waals surface area (Å²) >= 11 is 5.96. The normalized spacial score (nSPS) is 10.0. The maximum atomic E-state index is 11.2.